The number of rotatable bonds is 10. The van der Waals surface area contributed by atoms with E-state index in [1.165, 1.54) is 23.5 Å². The molecule has 0 aliphatic rings. The van der Waals surface area contributed by atoms with Crippen molar-refractivity contribution in [3.05, 3.63) is 34.8 Å². The smallest absolute Gasteiger partial charge is 0.257 e. The maximum absolute atomic E-state index is 12.5. The molecule has 1 aromatic carbocycles. The number of carbonyl (C=O) groups is 1. The van der Waals surface area contributed by atoms with Crippen molar-refractivity contribution in [1.82, 2.24) is 14.9 Å². The molecule has 7 nitrogen and oxygen atoms in total. The largest absolute Gasteiger partial charge is 0.296 e. The van der Waals surface area contributed by atoms with E-state index in [1.807, 2.05) is 6.92 Å². The average Bonchev–Trinajstić information content (AvgIpc) is 3.11. The highest BCUT2D eigenvalue weighted by Gasteiger charge is 2.17. The molecule has 0 spiro atoms. The normalized spacial score (nSPS) is 12.7. The standard InChI is InChI=1S/C18H26N4O3S2/c1-4-6-11-19-27(24,25)15-10-7-9-14(12-15)16(23)20-18-22-21-17(26-18)13(3)8-5-2/h7,9-10,12-13,19H,4-6,8,11H2,1-3H3,(H,20,22,23). The van der Waals surface area contributed by atoms with Crippen LogP contribution < -0.4 is 10.0 Å². The molecular formula is C18H26N4O3S2. The Morgan fingerprint density at radius 3 is 2.70 bits per heavy atom. The van der Waals surface area contributed by atoms with Gasteiger partial charge in [-0.15, -0.1) is 10.2 Å². The van der Waals surface area contributed by atoms with Crippen LogP contribution >= 0.6 is 11.3 Å². The van der Waals surface area contributed by atoms with Crippen molar-refractivity contribution in [3.8, 4) is 0 Å². The Hall–Kier alpha value is -1.84. The van der Waals surface area contributed by atoms with Gasteiger partial charge in [0.1, 0.15) is 5.01 Å². The van der Waals surface area contributed by atoms with E-state index in [0.717, 1.165) is 30.7 Å². The third-order valence-electron chi connectivity index (χ3n) is 4.03. The summed E-state index contributed by atoms with van der Waals surface area (Å²) in [7, 11) is -3.63. The summed E-state index contributed by atoms with van der Waals surface area (Å²) in [4.78, 5) is 12.5. The van der Waals surface area contributed by atoms with Gasteiger partial charge in [0, 0.05) is 18.0 Å². The summed E-state index contributed by atoms with van der Waals surface area (Å²) in [5.41, 5.74) is 0.256. The number of hydrogen-bond donors (Lipinski definition) is 2. The molecule has 2 aromatic rings. The number of benzene rings is 1. The van der Waals surface area contributed by atoms with Crippen LogP contribution in [0.15, 0.2) is 29.2 Å². The van der Waals surface area contributed by atoms with E-state index in [2.05, 4.69) is 34.1 Å². The third-order valence-corrected chi connectivity index (χ3v) is 6.56. The van der Waals surface area contributed by atoms with E-state index < -0.39 is 15.9 Å². The van der Waals surface area contributed by atoms with Crippen LogP contribution in [0.4, 0.5) is 5.13 Å². The molecule has 0 bridgehead atoms. The lowest BCUT2D eigenvalue weighted by Crippen LogP contribution is -2.25. The summed E-state index contributed by atoms with van der Waals surface area (Å²) in [5.74, 6) is -0.118. The minimum atomic E-state index is -3.63. The predicted molar refractivity (Wildman–Crippen MR) is 108 cm³/mol. The van der Waals surface area contributed by atoms with Gasteiger partial charge < -0.3 is 0 Å². The predicted octanol–water partition coefficient (Wildman–Crippen LogP) is 3.77. The Balaban J connectivity index is 2.09. The molecule has 0 radical (unpaired) electrons. The maximum Gasteiger partial charge on any atom is 0.257 e. The van der Waals surface area contributed by atoms with Gasteiger partial charge in [-0.25, -0.2) is 13.1 Å². The van der Waals surface area contributed by atoms with Crippen LogP contribution in [0.5, 0.6) is 0 Å². The monoisotopic (exact) mass is 410 g/mol. The maximum atomic E-state index is 12.5. The first kappa shape index (κ1) is 21.5. The number of carbonyl (C=O) groups excluding carboxylic acids is 1. The first-order valence-corrected chi connectivity index (χ1v) is 11.4. The van der Waals surface area contributed by atoms with Gasteiger partial charge >= 0.3 is 0 Å². The van der Waals surface area contributed by atoms with Crippen molar-refractivity contribution in [2.45, 2.75) is 57.3 Å². The number of aromatic nitrogens is 2. The van der Waals surface area contributed by atoms with Gasteiger partial charge in [-0.05, 0) is 31.0 Å². The van der Waals surface area contributed by atoms with Gasteiger partial charge in [0.05, 0.1) is 4.90 Å². The number of hydrogen-bond acceptors (Lipinski definition) is 6. The van der Waals surface area contributed by atoms with Crippen molar-refractivity contribution in [3.63, 3.8) is 0 Å². The van der Waals surface area contributed by atoms with Gasteiger partial charge in [-0.3, -0.25) is 10.1 Å². The molecule has 1 aromatic heterocycles. The number of nitrogens with zero attached hydrogens (tertiary/aromatic N) is 2. The molecule has 148 valence electrons. The van der Waals surface area contributed by atoms with Crippen molar-refractivity contribution < 1.29 is 13.2 Å². The number of unbranched alkanes of at least 4 members (excludes halogenated alkanes) is 1. The second-order valence-electron chi connectivity index (χ2n) is 6.37. The van der Waals surface area contributed by atoms with Gasteiger partial charge in [0.2, 0.25) is 15.2 Å². The van der Waals surface area contributed by atoms with Gasteiger partial charge in [-0.1, -0.05) is 51.0 Å². The van der Waals surface area contributed by atoms with Crippen LogP contribution in [0.3, 0.4) is 0 Å². The molecule has 2 rings (SSSR count). The van der Waals surface area contributed by atoms with Gasteiger partial charge in [0.15, 0.2) is 0 Å². The van der Waals surface area contributed by atoms with Gasteiger partial charge in [-0.2, -0.15) is 0 Å². The summed E-state index contributed by atoms with van der Waals surface area (Å²) < 4.78 is 27.2. The molecule has 27 heavy (non-hydrogen) atoms. The molecule has 0 aliphatic heterocycles. The quantitative estimate of drug-likeness (QED) is 0.581. The van der Waals surface area contributed by atoms with Crippen LogP contribution in [-0.2, 0) is 10.0 Å². The number of anilines is 1. The molecule has 0 aliphatic carbocycles. The Labute approximate surface area is 164 Å². The zero-order valence-corrected chi connectivity index (χ0v) is 17.5. The third kappa shape index (κ3) is 6.08. The van der Waals surface area contributed by atoms with E-state index in [4.69, 9.17) is 0 Å². The molecule has 1 amide bonds. The highest BCUT2D eigenvalue weighted by Crippen LogP contribution is 2.26. The van der Waals surface area contributed by atoms with Crippen LogP contribution in [-0.4, -0.2) is 31.1 Å². The summed E-state index contributed by atoms with van der Waals surface area (Å²) in [5, 5.41) is 12.1. The Morgan fingerprint density at radius 2 is 2.00 bits per heavy atom. The van der Waals surface area contributed by atoms with E-state index >= 15 is 0 Å². The zero-order valence-electron chi connectivity index (χ0n) is 15.9. The topological polar surface area (TPSA) is 101 Å². The first-order chi connectivity index (χ1) is 12.9. The minimum Gasteiger partial charge on any atom is -0.296 e. The van der Waals surface area contributed by atoms with E-state index in [-0.39, 0.29) is 10.5 Å². The fourth-order valence-corrected chi connectivity index (χ4v) is 4.42. The lowest BCUT2D eigenvalue weighted by atomic mass is 10.1. The molecular weight excluding hydrogens is 384 g/mol. The fourth-order valence-electron chi connectivity index (χ4n) is 2.48. The molecule has 2 N–H and O–H groups in total. The lowest BCUT2D eigenvalue weighted by molar-refractivity contribution is 0.102. The van der Waals surface area contributed by atoms with Crippen LogP contribution in [0.1, 0.15) is 67.7 Å². The second-order valence-corrected chi connectivity index (χ2v) is 9.14. The highest BCUT2D eigenvalue weighted by atomic mass is 32.2. The van der Waals surface area contributed by atoms with Crippen LogP contribution in [0, 0.1) is 0 Å². The molecule has 9 heteroatoms. The Kier molecular flexibility index (Phi) is 7.88. The summed E-state index contributed by atoms with van der Waals surface area (Å²) in [6.45, 7) is 6.55. The second kappa shape index (κ2) is 9.91. The number of sulfonamides is 1. The summed E-state index contributed by atoms with van der Waals surface area (Å²) in [6, 6.07) is 5.96. The zero-order chi connectivity index (χ0) is 19.9. The molecule has 1 atom stereocenters. The summed E-state index contributed by atoms with van der Waals surface area (Å²) in [6.07, 6.45) is 3.71. The van der Waals surface area contributed by atoms with Crippen molar-refractivity contribution in [1.29, 1.82) is 0 Å². The summed E-state index contributed by atoms with van der Waals surface area (Å²) >= 11 is 1.34. The van der Waals surface area contributed by atoms with E-state index in [0.29, 0.717) is 17.6 Å². The molecule has 1 unspecified atom stereocenters. The van der Waals surface area contributed by atoms with Crippen molar-refractivity contribution in [2.24, 2.45) is 0 Å². The highest BCUT2D eigenvalue weighted by molar-refractivity contribution is 7.89. The average molecular weight is 411 g/mol. The van der Waals surface area contributed by atoms with E-state index in [9.17, 15) is 13.2 Å². The van der Waals surface area contributed by atoms with Crippen LogP contribution in [0.2, 0.25) is 0 Å². The Bertz CT molecular complexity index is 865. The number of amides is 1. The lowest BCUT2D eigenvalue weighted by Gasteiger charge is -2.08. The SMILES string of the molecule is CCCCNS(=O)(=O)c1cccc(C(=O)Nc2nnc(C(C)CCC)s2)c1. The Morgan fingerprint density at radius 1 is 1.22 bits per heavy atom. The minimum absolute atomic E-state index is 0.0702. The van der Waals surface area contributed by atoms with E-state index in [1.54, 1.807) is 12.1 Å². The van der Waals surface area contributed by atoms with Crippen molar-refractivity contribution in [2.75, 3.05) is 11.9 Å². The van der Waals surface area contributed by atoms with Gasteiger partial charge in [0.25, 0.3) is 5.91 Å². The molecule has 0 saturated heterocycles. The molecule has 0 saturated carbocycles. The molecule has 0 fully saturated rings. The number of nitrogens with one attached hydrogen (secondary N) is 2. The van der Waals surface area contributed by atoms with Crippen molar-refractivity contribution >= 4 is 32.4 Å². The van der Waals surface area contributed by atoms with Crippen LogP contribution in [0.25, 0.3) is 0 Å². The molecule has 1 heterocycles. The fraction of sp³-hybridized carbons (Fsp3) is 0.500. The first-order valence-electron chi connectivity index (χ1n) is 9.11.